The van der Waals surface area contributed by atoms with Crippen LogP contribution in [-0.2, 0) is 0 Å². The van der Waals surface area contributed by atoms with Gasteiger partial charge in [0.15, 0.2) is 0 Å². The Labute approximate surface area is 132 Å². The molecule has 0 aliphatic carbocycles. The number of aromatic nitrogens is 2. The Morgan fingerprint density at radius 2 is 2.00 bits per heavy atom. The molecule has 6 heteroatoms. The number of nitrogens with zero attached hydrogens (tertiary/aromatic N) is 4. The van der Waals surface area contributed by atoms with Crippen molar-refractivity contribution in [3.05, 3.63) is 18.0 Å². The minimum Gasteiger partial charge on any atom is -0.352 e. The second-order valence-electron chi connectivity index (χ2n) is 6.01. The van der Waals surface area contributed by atoms with E-state index in [9.17, 15) is 4.79 Å². The van der Waals surface area contributed by atoms with E-state index >= 15 is 0 Å². The van der Waals surface area contributed by atoms with Crippen LogP contribution in [0, 0.1) is 0 Å². The zero-order chi connectivity index (χ0) is 16.1. The van der Waals surface area contributed by atoms with Crippen molar-refractivity contribution in [3.63, 3.8) is 0 Å². The molecule has 0 aromatic carbocycles. The highest BCUT2D eigenvalue weighted by Gasteiger charge is 2.29. The SMILES string of the molecule is CCN(CC)[C@@H]1CCN(C(=O)c2cnc(NC(C)C)nc2)C1. The van der Waals surface area contributed by atoms with E-state index in [0.717, 1.165) is 32.6 Å². The molecule has 1 aromatic heterocycles. The summed E-state index contributed by atoms with van der Waals surface area (Å²) in [7, 11) is 0. The highest BCUT2D eigenvalue weighted by Crippen LogP contribution is 2.17. The normalized spacial score (nSPS) is 18.3. The van der Waals surface area contributed by atoms with Gasteiger partial charge in [0.05, 0.1) is 5.56 Å². The summed E-state index contributed by atoms with van der Waals surface area (Å²) in [5, 5.41) is 3.12. The van der Waals surface area contributed by atoms with Crippen molar-refractivity contribution >= 4 is 11.9 Å². The van der Waals surface area contributed by atoms with E-state index in [2.05, 4.69) is 34.0 Å². The monoisotopic (exact) mass is 305 g/mol. The lowest BCUT2D eigenvalue weighted by atomic mass is 10.2. The van der Waals surface area contributed by atoms with Crippen LogP contribution in [-0.4, -0.2) is 63.9 Å². The van der Waals surface area contributed by atoms with Crippen LogP contribution in [0.5, 0.6) is 0 Å². The Morgan fingerprint density at radius 1 is 1.36 bits per heavy atom. The van der Waals surface area contributed by atoms with Crippen LogP contribution in [0.2, 0.25) is 0 Å². The Balaban J connectivity index is 1.97. The molecule has 0 saturated carbocycles. The van der Waals surface area contributed by atoms with Crippen molar-refractivity contribution in [2.24, 2.45) is 0 Å². The van der Waals surface area contributed by atoms with Gasteiger partial charge in [-0.2, -0.15) is 0 Å². The fraction of sp³-hybridized carbons (Fsp3) is 0.688. The number of carbonyl (C=O) groups excluding carboxylic acids is 1. The summed E-state index contributed by atoms with van der Waals surface area (Å²) in [5.41, 5.74) is 0.564. The quantitative estimate of drug-likeness (QED) is 0.869. The van der Waals surface area contributed by atoms with Gasteiger partial charge in [-0.15, -0.1) is 0 Å². The van der Waals surface area contributed by atoms with Crippen LogP contribution in [0.15, 0.2) is 12.4 Å². The Bertz CT molecular complexity index is 484. The fourth-order valence-electron chi connectivity index (χ4n) is 2.92. The maximum absolute atomic E-state index is 12.5. The fourth-order valence-corrected chi connectivity index (χ4v) is 2.92. The number of likely N-dealkylation sites (tertiary alicyclic amines) is 1. The van der Waals surface area contributed by atoms with Crippen molar-refractivity contribution in [3.8, 4) is 0 Å². The van der Waals surface area contributed by atoms with Gasteiger partial charge in [-0.3, -0.25) is 9.69 Å². The van der Waals surface area contributed by atoms with Gasteiger partial charge in [-0.05, 0) is 33.4 Å². The highest BCUT2D eigenvalue weighted by atomic mass is 16.2. The molecule has 1 amide bonds. The van der Waals surface area contributed by atoms with Crippen molar-refractivity contribution in [1.29, 1.82) is 0 Å². The molecule has 0 bridgehead atoms. The van der Waals surface area contributed by atoms with E-state index in [1.165, 1.54) is 0 Å². The summed E-state index contributed by atoms with van der Waals surface area (Å²) in [6.07, 6.45) is 4.27. The van der Waals surface area contributed by atoms with E-state index in [1.54, 1.807) is 12.4 Å². The number of rotatable bonds is 6. The molecule has 6 nitrogen and oxygen atoms in total. The van der Waals surface area contributed by atoms with Crippen molar-refractivity contribution in [2.45, 2.75) is 46.2 Å². The number of likely N-dealkylation sites (N-methyl/N-ethyl adjacent to an activating group) is 1. The molecule has 122 valence electrons. The van der Waals surface area contributed by atoms with Gasteiger partial charge in [0, 0.05) is 37.6 Å². The second kappa shape index (κ2) is 7.54. The third-order valence-electron chi connectivity index (χ3n) is 4.10. The van der Waals surface area contributed by atoms with Gasteiger partial charge in [-0.25, -0.2) is 9.97 Å². The smallest absolute Gasteiger partial charge is 0.257 e. The van der Waals surface area contributed by atoms with E-state index < -0.39 is 0 Å². The van der Waals surface area contributed by atoms with Crippen LogP contribution in [0.4, 0.5) is 5.95 Å². The largest absolute Gasteiger partial charge is 0.352 e. The van der Waals surface area contributed by atoms with Gasteiger partial charge in [-0.1, -0.05) is 13.8 Å². The predicted octanol–water partition coefficient (Wildman–Crippen LogP) is 1.85. The minimum absolute atomic E-state index is 0.0331. The van der Waals surface area contributed by atoms with Crippen LogP contribution < -0.4 is 5.32 Å². The molecule has 22 heavy (non-hydrogen) atoms. The van der Waals surface area contributed by atoms with E-state index in [1.807, 2.05) is 18.7 Å². The van der Waals surface area contributed by atoms with Crippen molar-refractivity contribution in [2.75, 3.05) is 31.5 Å². The van der Waals surface area contributed by atoms with Gasteiger partial charge >= 0.3 is 0 Å². The van der Waals surface area contributed by atoms with E-state index in [4.69, 9.17) is 0 Å². The summed E-state index contributed by atoms with van der Waals surface area (Å²) < 4.78 is 0. The molecule has 0 spiro atoms. The van der Waals surface area contributed by atoms with E-state index in [0.29, 0.717) is 17.6 Å². The molecular weight excluding hydrogens is 278 g/mol. The maximum atomic E-state index is 12.5. The Kier molecular flexibility index (Phi) is 5.71. The highest BCUT2D eigenvalue weighted by molar-refractivity contribution is 5.93. The molecule has 2 rings (SSSR count). The van der Waals surface area contributed by atoms with Gasteiger partial charge in [0.2, 0.25) is 5.95 Å². The first-order valence-electron chi connectivity index (χ1n) is 8.17. The first-order chi connectivity index (χ1) is 10.5. The minimum atomic E-state index is 0.0331. The lowest BCUT2D eigenvalue weighted by Crippen LogP contribution is -2.38. The number of amides is 1. The van der Waals surface area contributed by atoms with Gasteiger partial charge in [0.25, 0.3) is 5.91 Å². The number of hydrogen-bond donors (Lipinski definition) is 1. The number of carbonyl (C=O) groups is 1. The lowest BCUT2D eigenvalue weighted by molar-refractivity contribution is 0.0777. The summed E-state index contributed by atoms with van der Waals surface area (Å²) in [6.45, 7) is 12.1. The molecule has 1 aliphatic rings. The molecule has 1 N–H and O–H groups in total. The molecule has 0 unspecified atom stereocenters. The van der Waals surface area contributed by atoms with E-state index in [-0.39, 0.29) is 11.9 Å². The zero-order valence-corrected chi connectivity index (χ0v) is 14.0. The summed E-state index contributed by atoms with van der Waals surface area (Å²) in [4.78, 5) is 25.3. The molecule has 1 aliphatic heterocycles. The second-order valence-corrected chi connectivity index (χ2v) is 6.01. The predicted molar refractivity (Wildman–Crippen MR) is 88.0 cm³/mol. The molecule has 2 heterocycles. The molecular formula is C16H27N5O. The standard InChI is InChI=1S/C16H27N5O/c1-5-20(6-2)14-7-8-21(11-14)15(22)13-9-17-16(18-10-13)19-12(3)4/h9-10,12,14H,5-8,11H2,1-4H3,(H,17,18,19)/t14-/m1/s1. The average molecular weight is 305 g/mol. The lowest BCUT2D eigenvalue weighted by Gasteiger charge is -2.26. The summed E-state index contributed by atoms with van der Waals surface area (Å²) in [6, 6.07) is 0.747. The molecule has 1 saturated heterocycles. The van der Waals surface area contributed by atoms with Crippen molar-refractivity contribution in [1.82, 2.24) is 19.8 Å². The van der Waals surface area contributed by atoms with Crippen LogP contribution in [0.1, 0.15) is 44.5 Å². The molecule has 0 radical (unpaired) electrons. The van der Waals surface area contributed by atoms with Gasteiger partial charge < -0.3 is 10.2 Å². The summed E-state index contributed by atoms with van der Waals surface area (Å²) in [5.74, 6) is 0.597. The number of hydrogen-bond acceptors (Lipinski definition) is 5. The zero-order valence-electron chi connectivity index (χ0n) is 14.0. The first kappa shape index (κ1) is 16.7. The summed E-state index contributed by atoms with van der Waals surface area (Å²) >= 11 is 0. The van der Waals surface area contributed by atoms with Crippen LogP contribution in [0.25, 0.3) is 0 Å². The Hall–Kier alpha value is -1.69. The average Bonchev–Trinajstić information content (AvgIpc) is 2.98. The first-order valence-corrected chi connectivity index (χ1v) is 8.17. The third kappa shape index (κ3) is 3.94. The molecule has 1 atom stereocenters. The molecule has 1 aromatic rings. The van der Waals surface area contributed by atoms with Crippen LogP contribution >= 0.6 is 0 Å². The van der Waals surface area contributed by atoms with Crippen LogP contribution in [0.3, 0.4) is 0 Å². The molecule has 1 fully saturated rings. The third-order valence-corrected chi connectivity index (χ3v) is 4.10. The maximum Gasteiger partial charge on any atom is 0.257 e. The van der Waals surface area contributed by atoms with Crippen molar-refractivity contribution < 1.29 is 4.79 Å². The van der Waals surface area contributed by atoms with Gasteiger partial charge in [0.1, 0.15) is 0 Å². The topological polar surface area (TPSA) is 61.4 Å². The number of anilines is 1. The Morgan fingerprint density at radius 3 is 2.55 bits per heavy atom. The number of nitrogens with one attached hydrogen (secondary N) is 1.